The zero-order valence-corrected chi connectivity index (χ0v) is 11.9. The molecule has 0 spiro atoms. The van der Waals surface area contributed by atoms with E-state index >= 15 is 0 Å². The van der Waals surface area contributed by atoms with Crippen molar-refractivity contribution in [2.75, 3.05) is 23.3 Å². The van der Waals surface area contributed by atoms with Crippen molar-refractivity contribution in [2.45, 2.75) is 46.6 Å². The first-order chi connectivity index (χ1) is 8.60. The molecule has 0 bridgehead atoms. The Morgan fingerprint density at radius 3 is 2.67 bits per heavy atom. The fourth-order valence-electron chi connectivity index (χ4n) is 2.08. The lowest BCUT2D eigenvalue weighted by molar-refractivity contribution is 0.635. The molecule has 1 aromatic rings. The summed E-state index contributed by atoms with van der Waals surface area (Å²) in [5, 5.41) is 3.20. The van der Waals surface area contributed by atoms with E-state index in [9.17, 15) is 0 Å². The maximum atomic E-state index is 4.63. The zero-order chi connectivity index (χ0) is 13.1. The van der Waals surface area contributed by atoms with Crippen LogP contribution in [-0.4, -0.2) is 29.1 Å². The number of nitrogens with one attached hydrogen (secondary N) is 1. The van der Waals surface area contributed by atoms with Crippen molar-refractivity contribution in [3.63, 3.8) is 0 Å². The van der Waals surface area contributed by atoms with Crippen LogP contribution in [0.2, 0.25) is 0 Å². The van der Waals surface area contributed by atoms with Gasteiger partial charge in [-0.2, -0.15) is 4.98 Å². The average molecular weight is 248 g/mol. The van der Waals surface area contributed by atoms with Crippen LogP contribution in [0, 0.1) is 12.8 Å². The first-order valence-corrected chi connectivity index (χ1v) is 6.96. The molecule has 0 radical (unpaired) electrons. The summed E-state index contributed by atoms with van der Waals surface area (Å²) in [7, 11) is 0. The SMILES string of the molecule is CCNc1nc(C)cc(N(CC2CC2)C(C)C)n1. The third-order valence-electron chi connectivity index (χ3n) is 3.25. The van der Waals surface area contributed by atoms with E-state index in [0.717, 1.165) is 36.5 Å². The minimum absolute atomic E-state index is 0.481. The monoisotopic (exact) mass is 248 g/mol. The van der Waals surface area contributed by atoms with E-state index in [1.165, 1.54) is 12.8 Å². The molecule has 1 aromatic heterocycles. The smallest absolute Gasteiger partial charge is 0.224 e. The first-order valence-electron chi connectivity index (χ1n) is 6.96. The standard InChI is InChI=1S/C14H24N4/c1-5-15-14-16-11(4)8-13(17-14)18(10(2)3)9-12-6-7-12/h8,10,12H,5-7,9H2,1-4H3,(H,15,16,17). The van der Waals surface area contributed by atoms with E-state index in [0.29, 0.717) is 6.04 Å². The largest absolute Gasteiger partial charge is 0.354 e. The van der Waals surface area contributed by atoms with Crippen LogP contribution >= 0.6 is 0 Å². The van der Waals surface area contributed by atoms with Gasteiger partial charge in [0.2, 0.25) is 5.95 Å². The number of aryl methyl sites for hydroxylation is 1. The highest BCUT2D eigenvalue weighted by Gasteiger charge is 2.26. The highest BCUT2D eigenvalue weighted by atomic mass is 15.2. The Kier molecular flexibility index (Phi) is 4.04. The average Bonchev–Trinajstić information content (AvgIpc) is 3.08. The number of anilines is 2. The van der Waals surface area contributed by atoms with Crippen LogP contribution in [0.4, 0.5) is 11.8 Å². The predicted molar refractivity (Wildman–Crippen MR) is 76.1 cm³/mol. The summed E-state index contributed by atoms with van der Waals surface area (Å²) >= 11 is 0. The lowest BCUT2D eigenvalue weighted by Crippen LogP contribution is -2.33. The molecule has 1 N–H and O–H groups in total. The van der Waals surface area contributed by atoms with E-state index < -0.39 is 0 Å². The predicted octanol–water partition coefficient (Wildman–Crippen LogP) is 2.84. The molecule has 1 aliphatic rings. The molecular formula is C14H24N4. The summed E-state index contributed by atoms with van der Waals surface area (Å²) < 4.78 is 0. The molecule has 1 saturated carbocycles. The highest BCUT2D eigenvalue weighted by Crippen LogP contribution is 2.32. The maximum Gasteiger partial charge on any atom is 0.224 e. The molecule has 100 valence electrons. The van der Waals surface area contributed by atoms with E-state index in [-0.39, 0.29) is 0 Å². The minimum atomic E-state index is 0.481. The van der Waals surface area contributed by atoms with Gasteiger partial charge in [0, 0.05) is 30.9 Å². The zero-order valence-electron chi connectivity index (χ0n) is 11.9. The van der Waals surface area contributed by atoms with E-state index in [2.05, 4.69) is 47.0 Å². The lowest BCUT2D eigenvalue weighted by atomic mass is 10.2. The van der Waals surface area contributed by atoms with Gasteiger partial charge < -0.3 is 10.2 Å². The second kappa shape index (κ2) is 5.55. The second-order valence-corrected chi connectivity index (χ2v) is 5.41. The Morgan fingerprint density at radius 1 is 1.39 bits per heavy atom. The van der Waals surface area contributed by atoms with Crippen LogP contribution in [0.15, 0.2) is 6.07 Å². The van der Waals surface area contributed by atoms with Gasteiger partial charge in [-0.15, -0.1) is 0 Å². The second-order valence-electron chi connectivity index (χ2n) is 5.41. The van der Waals surface area contributed by atoms with Crippen LogP contribution in [0.25, 0.3) is 0 Å². The molecular weight excluding hydrogens is 224 g/mol. The summed E-state index contributed by atoms with van der Waals surface area (Å²) in [6.07, 6.45) is 2.74. The topological polar surface area (TPSA) is 41.1 Å². The van der Waals surface area contributed by atoms with Crippen molar-refractivity contribution in [3.05, 3.63) is 11.8 Å². The molecule has 1 fully saturated rings. The molecule has 0 aliphatic heterocycles. The summed E-state index contributed by atoms with van der Waals surface area (Å²) in [5.41, 5.74) is 1.03. The quantitative estimate of drug-likeness (QED) is 0.840. The van der Waals surface area contributed by atoms with Gasteiger partial charge in [0.25, 0.3) is 0 Å². The van der Waals surface area contributed by atoms with Crippen molar-refractivity contribution in [1.82, 2.24) is 9.97 Å². The molecule has 4 heteroatoms. The first kappa shape index (κ1) is 13.1. The van der Waals surface area contributed by atoms with Gasteiger partial charge in [-0.25, -0.2) is 4.98 Å². The number of hydrogen-bond acceptors (Lipinski definition) is 4. The van der Waals surface area contributed by atoms with E-state index in [1.807, 2.05) is 6.92 Å². The molecule has 0 unspecified atom stereocenters. The third-order valence-corrected chi connectivity index (χ3v) is 3.25. The lowest BCUT2D eigenvalue weighted by Gasteiger charge is -2.28. The van der Waals surface area contributed by atoms with Crippen LogP contribution in [0.1, 0.15) is 39.3 Å². The molecule has 4 nitrogen and oxygen atoms in total. The van der Waals surface area contributed by atoms with Gasteiger partial charge in [0.15, 0.2) is 0 Å². The Labute approximate surface area is 110 Å². The molecule has 0 atom stereocenters. The molecule has 0 saturated heterocycles. The molecule has 0 amide bonds. The number of aromatic nitrogens is 2. The summed E-state index contributed by atoms with van der Waals surface area (Å²) in [4.78, 5) is 11.4. The molecule has 0 aromatic carbocycles. The number of hydrogen-bond donors (Lipinski definition) is 1. The van der Waals surface area contributed by atoms with Gasteiger partial charge in [0.1, 0.15) is 5.82 Å². The third kappa shape index (κ3) is 3.34. The van der Waals surface area contributed by atoms with Crippen molar-refractivity contribution in [3.8, 4) is 0 Å². The van der Waals surface area contributed by atoms with Crippen LogP contribution < -0.4 is 10.2 Å². The fraction of sp³-hybridized carbons (Fsp3) is 0.714. The Morgan fingerprint density at radius 2 is 2.11 bits per heavy atom. The Balaban J connectivity index is 2.21. The van der Waals surface area contributed by atoms with Crippen molar-refractivity contribution in [2.24, 2.45) is 5.92 Å². The van der Waals surface area contributed by atoms with E-state index in [4.69, 9.17) is 0 Å². The number of rotatable bonds is 6. The van der Waals surface area contributed by atoms with E-state index in [1.54, 1.807) is 0 Å². The van der Waals surface area contributed by atoms with Crippen molar-refractivity contribution < 1.29 is 0 Å². The van der Waals surface area contributed by atoms with Gasteiger partial charge in [-0.3, -0.25) is 0 Å². The minimum Gasteiger partial charge on any atom is -0.354 e. The Bertz CT molecular complexity index is 399. The summed E-state index contributed by atoms with van der Waals surface area (Å²) in [5.74, 6) is 2.67. The van der Waals surface area contributed by atoms with Crippen molar-refractivity contribution >= 4 is 11.8 Å². The fourth-order valence-corrected chi connectivity index (χ4v) is 2.08. The summed E-state index contributed by atoms with van der Waals surface area (Å²) in [6.45, 7) is 10.5. The van der Waals surface area contributed by atoms with Gasteiger partial charge in [0.05, 0.1) is 0 Å². The molecule has 2 rings (SSSR count). The summed E-state index contributed by atoms with van der Waals surface area (Å²) in [6, 6.07) is 2.57. The highest BCUT2D eigenvalue weighted by molar-refractivity contribution is 5.45. The normalized spacial score (nSPS) is 14.9. The molecule has 18 heavy (non-hydrogen) atoms. The molecule has 1 aliphatic carbocycles. The van der Waals surface area contributed by atoms with Gasteiger partial charge in [-0.05, 0) is 46.5 Å². The Hall–Kier alpha value is -1.32. The van der Waals surface area contributed by atoms with Crippen LogP contribution in [-0.2, 0) is 0 Å². The van der Waals surface area contributed by atoms with Gasteiger partial charge >= 0.3 is 0 Å². The van der Waals surface area contributed by atoms with Crippen LogP contribution in [0.5, 0.6) is 0 Å². The number of nitrogens with zero attached hydrogens (tertiary/aromatic N) is 3. The van der Waals surface area contributed by atoms with Crippen molar-refractivity contribution in [1.29, 1.82) is 0 Å². The van der Waals surface area contributed by atoms with Crippen LogP contribution in [0.3, 0.4) is 0 Å². The molecule has 1 heterocycles. The van der Waals surface area contributed by atoms with Gasteiger partial charge in [-0.1, -0.05) is 0 Å². The maximum absolute atomic E-state index is 4.63.